The van der Waals surface area contributed by atoms with Crippen molar-refractivity contribution in [1.82, 2.24) is 5.32 Å². The van der Waals surface area contributed by atoms with Crippen molar-refractivity contribution in [2.24, 2.45) is 0 Å². The Bertz CT molecular complexity index is 1280. The van der Waals surface area contributed by atoms with Gasteiger partial charge in [0.2, 0.25) is 0 Å². The van der Waals surface area contributed by atoms with Gasteiger partial charge >= 0.3 is 6.18 Å². The maximum absolute atomic E-state index is 12.8. The zero-order valence-corrected chi connectivity index (χ0v) is 19.5. The first-order chi connectivity index (χ1) is 15.9. The quantitative estimate of drug-likeness (QED) is 0.400. The largest absolute Gasteiger partial charge is 0.484 e. The number of hydrogen-bond donors (Lipinski definition) is 2. The lowest BCUT2D eigenvalue weighted by Gasteiger charge is -2.12. The minimum absolute atomic E-state index is 0.163. The smallest absolute Gasteiger partial charge is 0.416 e. The van der Waals surface area contributed by atoms with Gasteiger partial charge < -0.3 is 10.1 Å². The standard InChI is InChI=1S/C22H17Cl2F3N2O4S/c23-16-5-4-14(20(24)11-16)12-28-21(30)13-33-18-6-8-19(9-7-18)34(31,32)29-17-3-1-2-15(10-17)22(25,26)27/h1-11,29H,12-13H2,(H,28,30). The molecule has 0 aliphatic rings. The van der Waals surface area contributed by atoms with Crippen molar-refractivity contribution in [2.45, 2.75) is 17.6 Å². The van der Waals surface area contributed by atoms with E-state index < -0.39 is 27.7 Å². The monoisotopic (exact) mass is 532 g/mol. The van der Waals surface area contributed by atoms with Crippen LogP contribution in [0, 0.1) is 0 Å². The highest BCUT2D eigenvalue weighted by Crippen LogP contribution is 2.31. The van der Waals surface area contributed by atoms with Crippen LogP contribution in [0.2, 0.25) is 10.0 Å². The lowest BCUT2D eigenvalue weighted by Crippen LogP contribution is -2.28. The van der Waals surface area contributed by atoms with Crippen LogP contribution in [-0.2, 0) is 27.5 Å². The van der Waals surface area contributed by atoms with Gasteiger partial charge in [-0.15, -0.1) is 0 Å². The SMILES string of the molecule is O=C(COc1ccc(S(=O)(=O)Nc2cccc(C(F)(F)F)c2)cc1)NCc1ccc(Cl)cc1Cl. The summed E-state index contributed by atoms with van der Waals surface area (Å²) in [5.74, 6) is -0.216. The van der Waals surface area contributed by atoms with Gasteiger partial charge in [0, 0.05) is 22.3 Å². The van der Waals surface area contributed by atoms with Gasteiger partial charge in [-0.3, -0.25) is 9.52 Å². The van der Waals surface area contributed by atoms with Gasteiger partial charge in [0.1, 0.15) is 5.75 Å². The molecule has 0 heterocycles. The molecule has 0 saturated carbocycles. The Morgan fingerprint density at radius 3 is 2.32 bits per heavy atom. The third-order valence-electron chi connectivity index (χ3n) is 4.44. The van der Waals surface area contributed by atoms with Crippen LogP contribution in [0.1, 0.15) is 11.1 Å². The molecule has 0 spiro atoms. The number of rotatable bonds is 8. The number of carbonyl (C=O) groups excluding carboxylic acids is 1. The highest BCUT2D eigenvalue weighted by molar-refractivity contribution is 7.92. The maximum Gasteiger partial charge on any atom is 0.416 e. The van der Waals surface area contributed by atoms with Crippen LogP contribution in [0.5, 0.6) is 5.75 Å². The van der Waals surface area contributed by atoms with E-state index in [-0.39, 0.29) is 29.5 Å². The molecule has 0 aliphatic carbocycles. The molecule has 0 fully saturated rings. The first-order valence-corrected chi connectivity index (χ1v) is 11.8. The Morgan fingerprint density at radius 2 is 1.68 bits per heavy atom. The van der Waals surface area contributed by atoms with E-state index in [2.05, 4.69) is 10.0 Å². The summed E-state index contributed by atoms with van der Waals surface area (Å²) >= 11 is 11.9. The van der Waals surface area contributed by atoms with Gasteiger partial charge in [0.15, 0.2) is 6.61 Å². The van der Waals surface area contributed by atoms with Crippen molar-refractivity contribution in [2.75, 3.05) is 11.3 Å². The second-order valence-electron chi connectivity index (χ2n) is 6.96. The molecular formula is C22H17Cl2F3N2O4S. The molecule has 0 radical (unpaired) electrons. The first kappa shape index (κ1) is 25.7. The number of benzene rings is 3. The zero-order valence-electron chi connectivity index (χ0n) is 17.2. The summed E-state index contributed by atoms with van der Waals surface area (Å²) in [4.78, 5) is 11.8. The molecule has 0 bridgehead atoms. The predicted molar refractivity (Wildman–Crippen MR) is 122 cm³/mol. The van der Waals surface area contributed by atoms with Gasteiger partial charge in [-0.25, -0.2) is 8.42 Å². The molecule has 0 atom stereocenters. The summed E-state index contributed by atoms with van der Waals surface area (Å²) in [5, 5.41) is 3.51. The molecule has 0 aliphatic heterocycles. The second-order valence-corrected chi connectivity index (χ2v) is 9.48. The van der Waals surface area contributed by atoms with Crippen molar-refractivity contribution in [3.8, 4) is 5.75 Å². The number of amides is 1. The molecule has 3 aromatic carbocycles. The van der Waals surface area contributed by atoms with Crippen molar-refractivity contribution >= 4 is 44.8 Å². The number of alkyl halides is 3. The molecule has 2 N–H and O–H groups in total. The summed E-state index contributed by atoms with van der Waals surface area (Å²) in [7, 11) is -4.14. The van der Waals surface area contributed by atoms with Gasteiger partial charge in [0.05, 0.1) is 10.5 Å². The average molecular weight is 533 g/mol. The minimum atomic E-state index is -4.60. The first-order valence-electron chi connectivity index (χ1n) is 9.57. The molecule has 0 aromatic heterocycles. The fourth-order valence-corrected chi connectivity index (χ4v) is 4.27. The van der Waals surface area contributed by atoms with Crippen LogP contribution in [0.3, 0.4) is 0 Å². The Labute approximate surface area is 203 Å². The minimum Gasteiger partial charge on any atom is -0.484 e. The molecule has 34 heavy (non-hydrogen) atoms. The molecule has 180 valence electrons. The highest BCUT2D eigenvalue weighted by Gasteiger charge is 2.30. The number of halogens is 5. The van der Waals surface area contributed by atoms with E-state index in [1.54, 1.807) is 18.2 Å². The van der Waals surface area contributed by atoms with Crippen LogP contribution < -0.4 is 14.8 Å². The second kappa shape index (κ2) is 10.5. The van der Waals surface area contributed by atoms with Crippen LogP contribution in [0.4, 0.5) is 18.9 Å². The topological polar surface area (TPSA) is 84.5 Å². The van der Waals surface area contributed by atoms with Gasteiger partial charge in [-0.2, -0.15) is 13.2 Å². The maximum atomic E-state index is 12.8. The lowest BCUT2D eigenvalue weighted by molar-refractivity contribution is -0.137. The Hall–Kier alpha value is -2.95. The van der Waals surface area contributed by atoms with Crippen molar-refractivity contribution in [3.05, 3.63) is 87.9 Å². The van der Waals surface area contributed by atoms with Crippen LogP contribution in [-0.4, -0.2) is 20.9 Å². The molecule has 0 unspecified atom stereocenters. The predicted octanol–water partition coefficient (Wildman–Crippen LogP) is 5.51. The third-order valence-corrected chi connectivity index (χ3v) is 6.42. The van der Waals surface area contributed by atoms with Crippen molar-refractivity contribution < 1.29 is 31.1 Å². The molecule has 12 heteroatoms. The van der Waals surface area contributed by atoms with E-state index in [1.807, 2.05) is 0 Å². The van der Waals surface area contributed by atoms with Crippen molar-refractivity contribution in [1.29, 1.82) is 0 Å². The van der Waals surface area contributed by atoms with Crippen molar-refractivity contribution in [3.63, 3.8) is 0 Å². The Morgan fingerprint density at radius 1 is 0.971 bits per heavy atom. The number of ether oxygens (including phenoxy) is 1. The lowest BCUT2D eigenvalue weighted by atomic mass is 10.2. The fourth-order valence-electron chi connectivity index (χ4n) is 2.75. The average Bonchev–Trinajstić information content (AvgIpc) is 2.77. The van der Waals surface area contributed by atoms with Crippen LogP contribution >= 0.6 is 23.2 Å². The van der Waals surface area contributed by atoms with Crippen LogP contribution in [0.25, 0.3) is 0 Å². The molecule has 0 saturated heterocycles. The van der Waals surface area contributed by atoms with Gasteiger partial charge in [0.25, 0.3) is 15.9 Å². The van der Waals surface area contributed by atoms with E-state index in [4.69, 9.17) is 27.9 Å². The summed E-state index contributed by atoms with van der Waals surface area (Å²) < 4.78 is 70.9. The molecule has 3 rings (SSSR count). The van der Waals surface area contributed by atoms with E-state index >= 15 is 0 Å². The summed E-state index contributed by atoms with van der Waals surface area (Å²) in [6.45, 7) is -0.170. The Balaban J connectivity index is 1.56. The Kier molecular flexibility index (Phi) is 7.96. The van der Waals surface area contributed by atoms with Gasteiger partial charge in [-0.1, -0.05) is 35.3 Å². The zero-order chi connectivity index (χ0) is 24.9. The van der Waals surface area contributed by atoms with E-state index in [9.17, 15) is 26.4 Å². The number of nitrogens with one attached hydrogen (secondary N) is 2. The van der Waals surface area contributed by atoms with E-state index in [1.165, 1.54) is 30.3 Å². The third kappa shape index (κ3) is 7.02. The summed E-state index contributed by atoms with van der Waals surface area (Å²) in [6, 6.07) is 13.8. The molecule has 6 nitrogen and oxygen atoms in total. The number of hydrogen-bond acceptors (Lipinski definition) is 4. The molecule has 1 amide bonds. The molecule has 3 aromatic rings. The number of anilines is 1. The van der Waals surface area contributed by atoms with Gasteiger partial charge in [-0.05, 0) is 60.2 Å². The summed E-state index contributed by atoms with van der Waals surface area (Å²) in [5.41, 5.74) is -0.539. The van der Waals surface area contributed by atoms with Crippen LogP contribution in [0.15, 0.2) is 71.6 Å². The normalized spacial score (nSPS) is 11.7. The van der Waals surface area contributed by atoms with E-state index in [0.29, 0.717) is 21.7 Å². The highest BCUT2D eigenvalue weighted by atomic mass is 35.5. The van der Waals surface area contributed by atoms with E-state index in [0.717, 1.165) is 12.1 Å². The number of carbonyl (C=O) groups is 1. The number of sulfonamides is 1. The fraction of sp³-hybridized carbons (Fsp3) is 0.136. The molecular weight excluding hydrogens is 516 g/mol. The summed E-state index contributed by atoms with van der Waals surface area (Å²) in [6.07, 6.45) is -4.60.